The van der Waals surface area contributed by atoms with E-state index in [1.54, 1.807) is 0 Å². The zero-order valence-electron chi connectivity index (χ0n) is 8.11. The van der Waals surface area contributed by atoms with Crippen LogP contribution in [0.1, 0.15) is 23.8 Å². The Hall–Kier alpha value is -1.12. The lowest BCUT2D eigenvalue weighted by Gasteiger charge is -2.23. The first-order valence-corrected chi connectivity index (χ1v) is 4.86. The molecule has 74 valence electrons. The first-order chi connectivity index (χ1) is 6.90. The lowest BCUT2D eigenvalue weighted by molar-refractivity contribution is -0.183. The highest BCUT2D eigenvalue weighted by atomic mass is 16.7. The molecule has 1 heterocycles. The summed E-state index contributed by atoms with van der Waals surface area (Å²) in [5.74, 6) is 0. The van der Waals surface area contributed by atoms with Crippen LogP contribution in [0.5, 0.6) is 0 Å². The zero-order chi connectivity index (χ0) is 9.80. The second-order valence-electron chi connectivity index (χ2n) is 3.30. The molecule has 0 saturated carbocycles. The van der Waals surface area contributed by atoms with Gasteiger partial charge >= 0.3 is 0 Å². The molecule has 0 N–H and O–H groups in total. The van der Waals surface area contributed by atoms with Gasteiger partial charge in [-0.25, -0.2) is 0 Å². The standard InChI is InChI=1S/C12H14O2/c1-2-10-4-6-11(7-5-10)12-13-8-3-9-14-12/h2,4-7,12H,1,3,8-9H2. The van der Waals surface area contributed by atoms with E-state index >= 15 is 0 Å². The second-order valence-corrected chi connectivity index (χ2v) is 3.30. The van der Waals surface area contributed by atoms with Crippen molar-refractivity contribution in [3.63, 3.8) is 0 Å². The van der Waals surface area contributed by atoms with E-state index in [9.17, 15) is 0 Å². The summed E-state index contributed by atoms with van der Waals surface area (Å²) in [6.45, 7) is 5.28. The average Bonchev–Trinajstić information content (AvgIpc) is 2.30. The molecular formula is C12H14O2. The highest BCUT2D eigenvalue weighted by molar-refractivity contribution is 5.47. The number of rotatable bonds is 2. The monoisotopic (exact) mass is 190 g/mol. The molecule has 0 amide bonds. The van der Waals surface area contributed by atoms with Crippen LogP contribution in [0.3, 0.4) is 0 Å². The predicted molar refractivity (Wildman–Crippen MR) is 55.8 cm³/mol. The molecule has 14 heavy (non-hydrogen) atoms. The van der Waals surface area contributed by atoms with Crippen molar-refractivity contribution < 1.29 is 9.47 Å². The Kier molecular flexibility index (Phi) is 2.96. The molecule has 0 unspecified atom stereocenters. The maximum Gasteiger partial charge on any atom is 0.183 e. The van der Waals surface area contributed by atoms with Crippen LogP contribution in [0.15, 0.2) is 30.8 Å². The van der Waals surface area contributed by atoms with Crippen molar-refractivity contribution in [1.29, 1.82) is 0 Å². The Morgan fingerprint density at radius 3 is 2.36 bits per heavy atom. The van der Waals surface area contributed by atoms with Gasteiger partial charge in [0.25, 0.3) is 0 Å². The summed E-state index contributed by atoms with van der Waals surface area (Å²) in [7, 11) is 0. The summed E-state index contributed by atoms with van der Waals surface area (Å²) in [4.78, 5) is 0. The van der Waals surface area contributed by atoms with E-state index in [0.717, 1.165) is 30.8 Å². The van der Waals surface area contributed by atoms with Crippen molar-refractivity contribution in [2.45, 2.75) is 12.7 Å². The predicted octanol–water partition coefficient (Wildman–Crippen LogP) is 2.77. The van der Waals surface area contributed by atoms with Gasteiger partial charge in [-0.3, -0.25) is 0 Å². The zero-order valence-corrected chi connectivity index (χ0v) is 8.11. The minimum absolute atomic E-state index is 0.178. The first kappa shape index (κ1) is 9.44. The van der Waals surface area contributed by atoms with Crippen molar-refractivity contribution in [1.82, 2.24) is 0 Å². The van der Waals surface area contributed by atoms with Crippen molar-refractivity contribution in [2.75, 3.05) is 13.2 Å². The van der Waals surface area contributed by atoms with Gasteiger partial charge in [0.15, 0.2) is 6.29 Å². The smallest absolute Gasteiger partial charge is 0.183 e. The Morgan fingerprint density at radius 1 is 1.14 bits per heavy atom. The van der Waals surface area contributed by atoms with Crippen LogP contribution >= 0.6 is 0 Å². The van der Waals surface area contributed by atoms with Crippen molar-refractivity contribution >= 4 is 6.08 Å². The van der Waals surface area contributed by atoms with Gasteiger partial charge in [0.1, 0.15) is 0 Å². The topological polar surface area (TPSA) is 18.5 Å². The molecule has 0 spiro atoms. The van der Waals surface area contributed by atoms with Crippen LogP contribution in [0.2, 0.25) is 0 Å². The Bertz CT molecular complexity index is 297. The first-order valence-electron chi connectivity index (χ1n) is 4.86. The third-order valence-corrected chi connectivity index (χ3v) is 2.27. The lowest BCUT2D eigenvalue weighted by Crippen LogP contribution is -2.17. The SMILES string of the molecule is C=Cc1ccc(C2OCCCO2)cc1. The third kappa shape index (κ3) is 2.03. The molecular weight excluding hydrogens is 176 g/mol. The molecule has 0 aromatic heterocycles. The van der Waals surface area contributed by atoms with Crippen LogP contribution in [-0.4, -0.2) is 13.2 Å². The molecule has 0 aliphatic carbocycles. The summed E-state index contributed by atoms with van der Waals surface area (Å²) in [6.07, 6.45) is 2.63. The van der Waals surface area contributed by atoms with E-state index in [1.807, 2.05) is 30.3 Å². The highest BCUT2D eigenvalue weighted by Gasteiger charge is 2.15. The molecule has 2 heteroatoms. The van der Waals surface area contributed by atoms with Crippen LogP contribution in [0.4, 0.5) is 0 Å². The molecule has 1 aliphatic rings. The molecule has 1 fully saturated rings. The number of hydrogen-bond acceptors (Lipinski definition) is 2. The lowest BCUT2D eigenvalue weighted by atomic mass is 10.1. The molecule has 2 nitrogen and oxygen atoms in total. The van der Waals surface area contributed by atoms with Gasteiger partial charge in [-0.1, -0.05) is 36.9 Å². The van der Waals surface area contributed by atoms with Crippen LogP contribution < -0.4 is 0 Å². The van der Waals surface area contributed by atoms with Crippen LogP contribution in [-0.2, 0) is 9.47 Å². The minimum atomic E-state index is -0.178. The Labute approximate surface area is 84.2 Å². The molecule has 2 rings (SSSR count). The normalized spacial score (nSPS) is 18.0. The van der Waals surface area contributed by atoms with Crippen molar-refractivity contribution in [3.8, 4) is 0 Å². The summed E-state index contributed by atoms with van der Waals surface area (Å²) >= 11 is 0. The van der Waals surface area contributed by atoms with Crippen LogP contribution in [0, 0.1) is 0 Å². The maximum atomic E-state index is 5.49. The molecule has 1 aliphatic heterocycles. The van der Waals surface area contributed by atoms with E-state index in [2.05, 4.69) is 6.58 Å². The molecule has 1 saturated heterocycles. The van der Waals surface area contributed by atoms with Gasteiger partial charge < -0.3 is 9.47 Å². The van der Waals surface area contributed by atoms with Gasteiger partial charge in [-0.2, -0.15) is 0 Å². The van der Waals surface area contributed by atoms with Gasteiger partial charge in [-0.15, -0.1) is 0 Å². The number of benzene rings is 1. The maximum absolute atomic E-state index is 5.49. The fraction of sp³-hybridized carbons (Fsp3) is 0.333. The number of ether oxygens (including phenoxy) is 2. The van der Waals surface area contributed by atoms with Gasteiger partial charge in [-0.05, 0) is 12.0 Å². The quantitative estimate of drug-likeness (QED) is 0.714. The fourth-order valence-corrected chi connectivity index (χ4v) is 1.47. The molecule has 1 aromatic rings. The average molecular weight is 190 g/mol. The second kappa shape index (κ2) is 4.40. The summed E-state index contributed by atoms with van der Waals surface area (Å²) in [5.41, 5.74) is 2.19. The largest absolute Gasteiger partial charge is 0.348 e. The molecule has 0 atom stereocenters. The number of hydrogen-bond donors (Lipinski definition) is 0. The third-order valence-electron chi connectivity index (χ3n) is 2.27. The van der Waals surface area contributed by atoms with Gasteiger partial charge in [0.05, 0.1) is 13.2 Å². The van der Waals surface area contributed by atoms with E-state index in [-0.39, 0.29) is 6.29 Å². The Balaban J connectivity index is 2.11. The summed E-state index contributed by atoms with van der Waals surface area (Å²) < 4.78 is 11.0. The molecule has 1 aromatic carbocycles. The summed E-state index contributed by atoms with van der Waals surface area (Å²) in [6, 6.07) is 8.08. The van der Waals surface area contributed by atoms with Gasteiger partial charge in [0, 0.05) is 5.56 Å². The van der Waals surface area contributed by atoms with Crippen molar-refractivity contribution in [3.05, 3.63) is 42.0 Å². The van der Waals surface area contributed by atoms with Crippen LogP contribution in [0.25, 0.3) is 6.08 Å². The Morgan fingerprint density at radius 2 is 1.79 bits per heavy atom. The molecule has 0 radical (unpaired) electrons. The minimum Gasteiger partial charge on any atom is -0.348 e. The van der Waals surface area contributed by atoms with Crippen molar-refractivity contribution in [2.24, 2.45) is 0 Å². The summed E-state index contributed by atoms with van der Waals surface area (Å²) in [5, 5.41) is 0. The fourth-order valence-electron chi connectivity index (χ4n) is 1.47. The van der Waals surface area contributed by atoms with E-state index in [1.165, 1.54) is 0 Å². The molecule has 0 bridgehead atoms. The van der Waals surface area contributed by atoms with E-state index < -0.39 is 0 Å². The van der Waals surface area contributed by atoms with E-state index in [4.69, 9.17) is 9.47 Å². The van der Waals surface area contributed by atoms with E-state index in [0.29, 0.717) is 0 Å². The van der Waals surface area contributed by atoms with Gasteiger partial charge in [0.2, 0.25) is 0 Å². The highest BCUT2D eigenvalue weighted by Crippen LogP contribution is 2.22.